The second-order valence-corrected chi connectivity index (χ2v) is 8.19. The second-order valence-electron chi connectivity index (χ2n) is 8.19. The van der Waals surface area contributed by atoms with Gasteiger partial charge >= 0.3 is 0 Å². The summed E-state index contributed by atoms with van der Waals surface area (Å²) in [4.78, 5) is 11.9. The van der Waals surface area contributed by atoms with Crippen LogP contribution in [0.4, 0.5) is 5.69 Å². The lowest BCUT2D eigenvalue weighted by molar-refractivity contribution is -0.116. The lowest BCUT2D eigenvalue weighted by Crippen LogP contribution is -2.32. The van der Waals surface area contributed by atoms with Crippen molar-refractivity contribution in [2.24, 2.45) is 11.0 Å². The Bertz CT molecular complexity index is 924. The summed E-state index contributed by atoms with van der Waals surface area (Å²) in [5, 5.41) is 10.1. The molecule has 3 rings (SSSR count). The van der Waals surface area contributed by atoms with Crippen molar-refractivity contribution < 1.29 is 14.3 Å². The molecule has 172 valence electrons. The molecule has 1 atom stereocenters. The van der Waals surface area contributed by atoms with E-state index in [1.165, 1.54) is 5.56 Å². The minimum Gasteiger partial charge on any atom is -0.493 e. The van der Waals surface area contributed by atoms with Gasteiger partial charge in [0.25, 0.3) is 0 Å². The molecule has 0 saturated carbocycles. The SMILES string of the molecule is CCCCC(=O)Nc1ccc(CN2CCC(CC)C(c3ccc(OC)c(OC)c3)=N2)cc1. The summed E-state index contributed by atoms with van der Waals surface area (Å²) in [6.07, 6.45) is 4.62. The predicted octanol–water partition coefficient (Wildman–Crippen LogP) is 5.47. The van der Waals surface area contributed by atoms with Crippen LogP contribution in [0.3, 0.4) is 0 Å². The van der Waals surface area contributed by atoms with Gasteiger partial charge in [0.05, 0.1) is 26.5 Å². The first kappa shape index (κ1) is 23.6. The maximum absolute atomic E-state index is 11.9. The topological polar surface area (TPSA) is 63.2 Å². The smallest absolute Gasteiger partial charge is 0.224 e. The van der Waals surface area contributed by atoms with E-state index in [2.05, 4.69) is 42.4 Å². The largest absolute Gasteiger partial charge is 0.493 e. The highest BCUT2D eigenvalue weighted by molar-refractivity contribution is 6.03. The molecule has 2 aromatic rings. The van der Waals surface area contributed by atoms with Crippen LogP contribution in [0.2, 0.25) is 0 Å². The van der Waals surface area contributed by atoms with Gasteiger partial charge in [0, 0.05) is 30.1 Å². The summed E-state index contributed by atoms with van der Waals surface area (Å²) < 4.78 is 10.9. The third-order valence-electron chi connectivity index (χ3n) is 5.90. The van der Waals surface area contributed by atoms with Crippen molar-refractivity contribution in [1.82, 2.24) is 5.01 Å². The van der Waals surface area contributed by atoms with E-state index >= 15 is 0 Å². The number of nitrogens with one attached hydrogen (secondary N) is 1. The molecule has 1 N–H and O–H groups in total. The Hall–Kier alpha value is -3.02. The van der Waals surface area contributed by atoms with Gasteiger partial charge in [0.1, 0.15) is 0 Å². The van der Waals surface area contributed by atoms with Gasteiger partial charge in [-0.3, -0.25) is 9.80 Å². The summed E-state index contributed by atoms with van der Waals surface area (Å²) in [6.45, 7) is 5.95. The van der Waals surface area contributed by atoms with Crippen LogP contribution in [0, 0.1) is 5.92 Å². The third-order valence-corrected chi connectivity index (χ3v) is 5.90. The number of hydrogen-bond donors (Lipinski definition) is 1. The number of benzene rings is 2. The second kappa shape index (κ2) is 11.6. The minimum atomic E-state index is 0.0744. The van der Waals surface area contributed by atoms with Crippen LogP contribution in [0.25, 0.3) is 0 Å². The van der Waals surface area contributed by atoms with E-state index in [0.29, 0.717) is 12.3 Å². The third kappa shape index (κ3) is 6.02. The van der Waals surface area contributed by atoms with Crippen LogP contribution in [-0.4, -0.2) is 37.4 Å². The Kier molecular flexibility index (Phi) is 8.54. The highest BCUT2D eigenvalue weighted by atomic mass is 16.5. The first-order valence-electron chi connectivity index (χ1n) is 11.5. The number of carbonyl (C=O) groups is 1. The molecule has 1 aliphatic heterocycles. The molecule has 1 unspecified atom stereocenters. The van der Waals surface area contributed by atoms with Crippen molar-refractivity contribution in [3.05, 3.63) is 53.6 Å². The predicted molar refractivity (Wildman–Crippen MR) is 129 cm³/mol. The van der Waals surface area contributed by atoms with Gasteiger partial charge in [-0.05, 0) is 55.2 Å². The number of hydrogen-bond acceptors (Lipinski definition) is 5. The van der Waals surface area contributed by atoms with E-state index in [1.807, 2.05) is 24.3 Å². The molecule has 0 aromatic heterocycles. The highest BCUT2D eigenvalue weighted by Crippen LogP contribution is 2.31. The molecule has 0 aliphatic carbocycles. The zero-order chi connectivity index (χ0) is 22.9. The molecule has 0 radical (unpaired) electrons. The Labute approximate surface area is 191 Å². The number of amides is 1. The number of unbranched alkanes of at least 4 members (excludes halogenated alkanes) is 1. The summed E-state index contributed by atoms with van der Waals surface area (Å²) in [6, 6.07) is 14.1. The zero-order valence-corrected chi connectivity index (χ0v) is 19.7. The van der Waals surface area contributed by atoms with Gasteiger partial charge in [-0.2, -0.15) is 5.10 Å². The van der Waals surface area contributed by atoms with E-state index in [0.717, 1.165) is 67.2 Å². The average Bonchev–Trinajstić information content (AvgIpc) is 2.83. The van der Waals surface area contributed by atoms with Gasteiger partial charge in [-0.15, -0.1) is 0 Å². The molecule has 2 aromatic carbocycles. The fourth-order valence-electron chi connectivity index (χ4n) is 3.99. The summed E-state index contributed by atoms with van der Waals surface area (Å²) in [7, 11) is 3.30. The number of anilines is 1. The Morgan fingerprint density at radius 2 is 1.84 bits per heavy atom. The molecule has 6 heteroatoms. The minimum absolute atomic E-state index is 0.0744. The van der Waals surface area contributed by atoms with Crippen molar-refractivity contribution in [1.29, 1.82) is 0 Å². The molecular formula is C26H35N3O3. The normalized spacial score (nSPS) is 15.8. The summed E-state index contributed by atoms with van der Waals surface area (Å²) >= 11 is 0. The van der Waals surface area contributed by atoms with Crippen LogP contribution >= 0.6 is 0 Å². The van der Waals surface area contributed by atoms with E-state index in [-0.39, 0.29) is 5.91 Å². The van der Waals surface area contributed by atoms with Gasteiger partial charge in [-0.25, -0.2) is 0 Å². The molecule has 1 heterocycles. The van der Waals surface area contributed by atoms with E-state index in [1.54, 1.807) is 14.2 Å². The Balaban J connectivity index is 1.72. The number of hydrazone groups is 1. The molecule has 1 aliphatic rings. The van der Waals surface area contributed by atoms with Crippen molar-refractivity contribution >= 4 is 17.3 Å². The number of ether oxygens (including phenoxy) is 2. The van der Waals surface area contributed by atoms with Gasteiger partial charge < -0.3 is 14.8 Å². The maximum atomic E-state index is 11.9. The van der Waals surface area contributed by atoms with Crippen molar-refractivity contribution in [2.75, 3.05) is 26.1 Å². The number of rotatable bonds is 10. The van der Waals surface area contributed by atoms with Crippen molar-refractivity contribution in [3.8, 4) is 11.5 Å². The van der Waals surface area contributed by atoms with Crippen LogP contribution in [0.1, 0.15) is 57.1 Å². The van der Waals surface area contributed by atoms with Gasteiger partial charge in [0.15, 0.2) is 11.5 Å². The molecule has 32 heavy (non-hydrogen) atoms. The molecule has 0 saturated heterocycles. The molecular weight excluding hydrogens is 402 g/mol. The van der Waals surface area contributed by atoms with Gasteiger partial charge in [0.2, 0.25) is 5.91 Å². The zero-order valence-electron chi connectivity index (χ0n) is 19.7. The lowest BCUT2D eigenvalue weighted by Gasteiger charge is -2.31. The number of carbonyl (C=O) groups excluding carboxylic acids is 1. The van der Waals surface area contributed by atoms with Crippen LogP contribution in [-0.2, 0) is 11.3 Å². The molecule has 6 nitrogen and oxygen atoms in total. The quantitative estimate of drug-likeness (QED) is 0.535. The fraction of sp³-hybridized carbons (Fsp3) is 0.462. The van der Waals surface area contributed by atoms with Crippen molar-refractivity contribution in [2.45, 2.75) is 52.5 Å². The maximum Gasteiger partial charge on any atom is 0.224 e. The molecule has 0 bridgehead atoms. The Morgan fingerprint density at radius 3 is 2.50 bits per heavy atom. The monoisotopic (exact) mass is 437 g/mol. The summed E-state index contributed by atoms with van der Waals surface area (Å²) in [5.74, 6) is 1.94. The molecule has 0 spiro atoms. The van der Waals surface area contributed by atoms with E-state index in [4.69, 9.17) is 14.6 Å². The van der Waals surface area contributed by atoms with Crippen LogP contribution in [0.5, 0.6) is 11.5 Å². The number of nitrogens with zero attached hydrogens (tertiary/aromatic N) is 2. The van der Waals surface area contributed by atoms with Gasteiger partial charge in [-0.1, -0.05) is 32.4 Å². The number of methoxy groups -OCH3 is 2. The standard InChI is InChI=1S/C26H35N3O3/c1-5-7-8-25(30)27-22-12-9-19(10-13-22)18-29-16-15-20(6-2)26(28-29)21-11-14-23(31-3)24(17-21)32-4/h9-14,17,20H,5-8,15-16,18H2,1-4H3,(H,27,30). The van der Waals surface area contributed by atoms with Crippen LogP contribution < -0.4 is 14.8 Å². The first-order valence-corrected chi connectivity index (χ1v) is 11.5. The average molecular weight is 438 g/mol. The summed E-state index contributed by atoms with van der Waals surface area (Å²) in [5.41, 5.74) is 4.18. The van der Waals surface area contributed by atoms with E-state index in [9.17, 15) is 4.79 Å². The highest BCUT2D eigenvalue weighted by Gasteiger charge is 2.24. The lowest BCUT2D eigenvalue weighted by atomic mass is 9.90. The first-order chi connectivity index (χ1) is 15.6. The molecule has 1 amide bonds. The fourth-order valence-corrected chi connectivity index (χ4v) is 3.99. The molecule has 0 fully saturated rings. The Morgan fingerprint density at radius 1 is 1.09 bits per heavy atom. The van der Waals surface area contributed by atoms with E-state index < -0.39 is 0 Å². The van der Waals surface area contributed by atoms with Crippen LogP contribution in [0.15, 0.2) is 47.6 Å². The van der Waals surface area contributed by atoms with Crippen molar-refractivity contribution in [3.63, 3.8) is 0 Å².